The Morgan fingerprint density at radius 3 is 2.17 bits per heavy atom. The lowest BCUT2D eigenvalue weighted by Crippen LogP contribution is -2.33. The van der Waals surface area contributed by atoms with Gasteiger partial charge in [0, 0.05) is 16.1 Å². The summed E-state index contributed by atoms with van der Waals surface area (Å²) in [6.45, 7) is 3.84. The summed E-state index contributed by atoms with van der Waals surface area (Å²) in [7, 11) is 0. The quantitative estimate of drug-likeness (QED) is 0.526. The van der Waals surface area contributed by atoms with Crippen molar-refractivity contribution in [2.45, 2.75) is 30.0 Å². The standard InChI is InChI=1S/C24H24N2O2S/c1-17(25-23(27)18(2)29-22-14-7-4-8-15-22)20-12-9-13-21(16-20)26-24(28)19-10-5-3-6-11-19/h3-18H,1-2H3,(H,25,27)(H,26,28). The van der Waals surface area contributed by atoms with Crippen LogP contribution in [0.15, 0.2) is 89.8 Å². The highest BCUT2D eigenvalue weighted by atomic mass is 32.2. The van der Waals surface area contributed by atoms with Crippen LogP contribution in [0, 0.1) is 0 Å². The Bertz CT molecular complexity index is 961. The molecule has 0 bridgehead atoms. The molecule has 3 aromatic carbocycles. The highest BCUT2D eigenvalue weighted by Gasteiger charge is 2.17. The van der Waals surface area contributed by atoms with Crippen molar-refractivity contribution in [2.24, 2.45) is 0 Å². The molecule has 5 heteroatoms. The summed E-state index contributed by atoms with van der Waals surface area (Å²) in [4.78, 5) is 26.0. The van der Waals surface area contributed by atoms with Gasteiger partial charge in [0.25, 0.3) is 5.91 Å². The van der Waals surface area contributed by atoms with Gasteiger partial charge < -0.3 is 10.6 Å². The highest BCUT2D eigenvalue weighted by molar-refractivity contribution is 8.00. The molecule has 148 valence electrons. The largest absolute Gasteiger partial charge is 0.349 e. The monoisotopic (exact) mass is 404 g/mol. The smallest absolute Gasteiger partial charge is 0.255 e. The van der Waals surface area contributed by atoms with E-state index in [2.05, 4.69) is 10.6 Å². The van der Waals surface area contributed by atoms with Gasteiger partial charge in [-0.15, -0.1) is 11.8 Å². The van der Waals surface area contributed by atoms with Crippen LogP contribution in [0.5, 0.6) is 0 Å². The number of carbonyl (C=O) groups is 2. The van der Waals surface area contributed by atoms with E-state index in [1.54, 1.807) is 12.1 Å². The SMILES string of the molecule is CC(Sc1ccccc1)C(=O)NC(C)c1cccc(NC(=O)c2ccccc2)c1. The lowest BCUT2D eigenvalue weighted by atomic mass is 10.1. The Balaban J connectivity index is 1.60. The summed E-state index contributed by atoms with van der Waals surface area (Å²) in [6.07, 6.45) is 0. The molecule has 0 saturated heterocycles. The summed E-state index contributed by atoms with van der Waals surface area (Å²) in [5.74, 6) is -0.183. The molecular weight excluding hydrogens is 380 g/mol. The minimum Gasteiger partial charge on any atom is -0.349 e. The average molecular weight is 405 g/mol. The zero-order valence-corrected chi connectivity index (χ0v) is 17.3. The predicted molar refractivity (Wildman–Crippen MR) is 119 cm³/mol. The zero-order valence-electron chi connectivity index (χ0n) is 16.5. The van der Waals surface area contributed by atoms with Crippen molar-refractivity contribution >= 4 is 29.3 Å². The second-order valence-corrected chi connectivity index (χ2v) is 8.16. The molecule has 0 spiro atoms. The predicted octanol–water partition coefficient (Wildman–Crippen LogP) is 5.30. The van der Waals surface area contributed by atoms with Gasteiger partial charge in [-0.1, -0.05) is 48.5 Å². The van der Waals surface area contributed by atoms with Crippen LogP contribution in [-0.4, -0.2) is 17.1 Å². The number of nitrogens with one attached hydrogen (secondary N) is 2. The van der Waals surface area contributed by atoms with Gasteiger partial charge in [0.2, 0.25) is 5.91 Å². The molecule has 0 saturated carbocycles. The second-order valence-electron chi connectivity index (χ2n) is 6.75. The molecular formula is C24H24N2O2S. The van der Waals surface area contributed by atoms with Crippen molar-refractivity contribution in [3.8, 4) is 0 Å². The molecule has 2 atom stereocenters. The third-order valence-electron chi connectivity index (χ3n) is 4.46. The molecule has 3 rings (SSSR count). The third kappa shape index (κ3) is 5.96. The molecule has 0 heterocycles. The minimum atomic E-state index is -0.208. The van der Waals surface area contributed by atoms with Crippen molar-refractivity contribution in [3.63, 3.8) is 0 Å². The number of hydrogen-bond acceptors (Lipinski definition) is 3. The highest BCUT2D eigenvalue weighted by Crippen LogP contribution is 2.24. The molecule has 0 aliphatic heterocycles. The van der Waals surface area contributed by atoms with Crippen LogP contribution in [0.3, 0.4) is 0 Å². The molecule has 4 nitrogen and oxygen atoms in total. The van der Waals surface area contributed by atoms with E-state index in [9.17, 15) is 9.59 Å². The van der Waals surface area contributed by atoms with Crippen molar-refractivity contribution in [1.82, 2.24) is 5.32 Å². The van der Waals surface area contributed by atoms with Crippen molar-refractivity contribution < 1.29 is 9.59 Å². The number of hydrogen-bond donors (Lipinski definition) is 2. The Hall–Kier alpha value is -3.05. The van der Waals surface area contributed by atoms with Gasteiger partial charge in [-0.05, 0) is 55.8 Å². The first-order valence-corrected chi connectivity index (χ1v) is 10.4. The zero-order chi connectivity index (χ0) is 20.6. The normalized spacial score (nSPS) is 12.6. The summed E-state index contributed by atoms with van der Waals surface area (Å²) in [5.41, 5.74) is 2.23. The Kier molecular flexibility index (Phi) is 7.09. The van der Waals surface area contributed by atoms with Gasteiger partial charge in [0.1, 0.15) is 0 Å². The van der Waals surface area contributed by atoms with E-state index in [0.717, 1.165) is 10.5 Å². The van der Waals surface area contributed by atoms with Crippen LogP contribution < -0.4 is 10.6 Å². The summed E-state index contributed by atoms with van der Waals surface area (Å²) in [6, 6.07) is 26.3. The topological polar surface area (TPSA) is 58.2 Å². The summed E-state index contributed by atoms with van der Waals surface area (Å²) >= 11 is 1.53. The molecule has 0 aromatic heterocycles. The maximum absolute atomic E-state index is 12.6. The number of benzene rings is 3. The van der Waals surface area contributed by atoms with Crippen LogP contribution in [-0.2, 0) is 4.79 Å². The van der Waals surface area contributed by atoms with Gasteiger partial charge in [-0.25, -0.2) is 0 Å². The maximum Gasteiger partial charge on any atom is 0.255 e. The fourth-order valence-electron chi connectivity index (χ4n) is 2.85. The van der Waals surface area contributed by atoms with Gasteiger partial charge in [0.15, 0.2) is 0 Å². The van der Waals surface area contributed by atoms with E-state index in [1.807, 2.05) is 86.6 Å². The Morgan fingerprint density at radius 1 is 0.828 bits per heavy atom. The molecule has 0 radical (unpaired) electrons. The molecule has 0 fully saturated rings. The van der Waals surface area contributed by atoms with Crippen molar-refractivity contribution in [2.75, 3.05) is 5.32 Å². The van der Waals surface area contributed by atoms with E-state index in [1.165, 1.54) is 11.8 Å². The third-order valence-corrected chi connectivity index (χ3v) is 5.58. The molecule has 2 amide bonds. The van der Waals surface area contributed by atoms with Crippen LogP contribution in [0.25, 0.3) is 0 Å². The Labute approximate surface area is 175 Å². The van der Waals surface area contributed by atoms with E-state index < -0.39 is 0 Å². The lowest BCUT2D eigenvalue weighted by Gasteiger charge is -2.18. The van der Waals surface area contributed by atoms with E-state index in [-0.39, 0.29) is 23.1 Å². The summed E-state index contributed by atoms with van der Waals surface area (Å²) < 4.78 is 0. The van der Waals surface area contributed by atoms with Crippen molar-refractivity contribution in [1.29, 1.82) is 0 Å². The van der Waals surface area contributed by atoms with Gasteiger partial charge >= 0.3 is 0 Å². The average Bonchev–Trinajstić information content (AvgIpc) is 2.75. The number of thioether (sulfide) groups is 1. The second kappa shape index (κ2) is 9.94. The lowest BCUT2D eigenvalue weighted by molar-refractivity contribution is -0.120. The maximum atomic E-state index is 12.6. The molecule has 2 N–H and O–H groups in total. The molecule has 0 aliphatic carbocycles. The molecule has 3 aromatic rings. The van der Waals surface area contributed by atoms with Crippen LogP contribution in [0.1, 0.15) is 35.8 Å². The van der Waals surface area contributed by atoms with E-state index in [4.69, 9.17) is 0 Å². The van der Waals surface area contributed by atoms with Crippen LogP contribution in [0.2, 0.25) is 0 Å². The molecule has 29 heavy (non-hydrogen) atoms. The van der Waals surface area contributed by atoms with E-state index in [0.29, 0.717) is 11.3 Å². The first kappa shape index (κ1) is 20.7. The van der Waals surface area contributed by atoms with Gasteiger partial charge in [-0.3, -0.25) is 9.59 Å². The van der Waals surface area contributed by atoms with Crippen molar-refractivity contribution in [3.05, 3.63) is 96.1 Å². The minimum absolute atomic E-state index is 0.0231. The number of carbonyl (C=O) groups excluding carboxylic acids is 2. The molecule has 0 aliphatic rings. The first-order valence-electron chi connectivity index (χ1n) is 9.51. The summed E-state index contributed by atoms with van der Waals surface area (Å²) in [5, 5.41) is 5.75. The first-order chi connectivity index (χ1) is 14.0. The van der Waals surface area contributed by atoms with Gasteiger partial charge in [-0.2, -0.15) is 0 Å². The van der Waals surface area contributed by atoms with E-state index >= 15 is 0 Å². The number of rotatable bonds is 7. The Morgan fingerprint density at radius 2 is 1.48 bits per heavy atom. The number of amides is 2. The fraction of sp³-hybridized carbons (Fsp3) is 0.167. The van der Waals surface area contributed by atoms with Crippen LogP contribution >= 0.6 is 11.8 Å². The van der Waals surface area contributed by atoms with Crippen LogP contribution in [0.4, 0.5) is 5.69 Å². The molecule has 2 unspecified atom stereocenters. The number of anilines is 1. The van der Waals surface area contributed by atoms with Gasteiger partial charge in [0.05, 0.1) is 11.3 Å². The fourth-order valence-corrected chi connectivity index (χ4v) is 3.75.